The van der Waals surface area contributed by atoms with Crippen LogP contribution in [0.4, 0.5) is 13.2 Å². The van der Waals surface area contributed by atoms with Gasteiger partial charge in [0.1, 0.15) is 0 Å². The number of hydrogen-bond donors (Lipinski definition) is 1. The Morgan fingerprint density at radius 2 is 1.64 bits per heavy atom. The number of carbonyl (C=O) groups excluding carboxylic acids is 1. The number of benzene rings is 2. The predicted molar refractivity (Wildman–Crippen MR) is 97.6 cm³/mol. The number of carboxylic acid groups (broad SMARTS) is 1. The fourth-order valence-corrected chi connectivity index (χ4v) is 2.83. The van der Waals surface area contributed by atoms with Crippen LogP contribution in [0.1, 0.15) is 34.3 Å². The SMILES string of the molecule is O=C(O)/C(=C/c1ccc(C(F)(F)F)cc1)CN(C(=O)c1ccccc1)C1CC1. The lowest BCUT2D eigenvalue weighted by atomic mass is 10.1. The van der Waals surface area contributed by atoms with Crippen LogP contribution in [-0.4, -0.2) is 34.5 Å². The Hall–Kier alpha value is -3.09. The predicted octanol–water partition coefficient (Wildman–Crippen LogP) is 4.48. The molecule has 1 aliphatic carbocycles. The molecule has 1 amide bonds. The summed E-state index contributed by atoms with van der Waals surface area (Å²) in [6, 6.07) is 12.8. The van der Waals surface area contributed by atoms with Crippen LogP contribution in [0.25, 0.3) is 6.08 Å². The fraction of sp³-hybridized carbons (Fsp3) is 0.238. The summed E-state index contributed by atoms with van der Waals surface area (Å²) >= 11 is 0. The molecule has 3 rings (SSSR count). The fourth-order valence-electron chi connectivity index (χ4n) is 2.83. The van der Waals surface area contributed by atoms with Crippen molar-refractivity contribution in [2.45, 2.75) is 25.1 Å². The number of carboxylic acids is 1. The molecule has 0 spiro atoms. The number of amides is 1. The molecule has 2 aromatic rings. The smallest absolute Gasteiger partial charge is 0.416 e. The molecule has 0 unspecified atom stereocenters. The minimum Gasteiger partial charge on any atom is -0.478 e. The number of halogens is 3. The molecular weight excluding hydrogens is 371 g/mol. The quantitative estimate of drug-likeness (QED) is 0.742. The third kappa shape index (κ3) is 4.79. The van der Waals surface area contributed by atoms with Gasteiger partial charge >= 0.3 is 12.1 Å². The standard InChI is InChI=1S/C21H18F3NO3/c22-21(23,24)17-8-6-14(7-9-17)12-16(20(27)28)13-25(18-10-11-18)19(26)15-4-2-1-3-5-15/h1-9,12,18H,10-11,13H2,(H,27,28)/b16-12+. The number of alkyl halides is 3. The molecule has 0 atom stereocenters. The van der Waals surface area contributed by atoms with Crippen LogP contribution >= 0.6 is 0 Å². The largest absolute Gasteiger partial charge is 0.478 e. The molecule has 1 aliphatic rings. The maximum atomic E-state index is 12.8. The monoisotopic (exact) mass is 389 g/mol. The number of aliphatic carboxylic acids is 1. The van der Waals surface area contributed by atoms with Gasteiger partial charge in [-0.15, -0.1) is 0 Å². The average Bonchev–Trinajstić information content (AvgIpc) is 3.50. The van der Waals surface area contributed by atoms with Crippen LogP contribution < -0.4 is 0 Å². The Balaban J connectivity index is 1.84. The Morgan fingerprint density at radius 1 is 1.04 bits per heavy atom. The summed E-state index contributed by atoms with van der Waals surface area (Å²) in [5.41, 5.74) is -0.0710. The molecule has 0 aliphatic heterocycles. The highest BCUT2D eigenvalue weighted by Crippen LogP contribution is 2.31. The van der Waals surface area contributed by atoms with E-state index in [0.717, 1.165) is 25.0 Å². The summed E-state index contributed by atoms with van der Waals surface area (Å²) in [4.78, 5) is 26.0. The zero-order valence-corrected chi connectivity index (χ0v) is 14.8. The van der Waals surface area contributed by atoms with Crippen molar-refractivity contribution in [3.05, 3.63) is 76.9 Å². The lowest BCUT2D eigenvalue weighted by Crippen LogP contribution is -2.36. The molecule has 0 heterocycles. The zero-order chi connectivity index (χ0) is 20.3. The minimum absolute atomic E-state index is 0.0249. The Kier molecular flexibility index (Phi) is 5.53. The van der Waals surface area contributed by atoms with E-state index >= 15 is 0 Å². The van der Waals surface area contributed by atoms with Crippen LogP contribution in [0.3, 0.4) is 0 Å². The number of rotatable bonds is 6. The highest BCUT2D eigenvalue weighted by Gasteiger charge is 2.34. The van der Waals surface area contributed by atoms with Gasteiger partial charge in [-0.3, -0.25) is 4.79 Å². The zero-order valence-electron chi connectivity index (χ0n) is 14.8. The van der Waals surface area contributed by atoms with Gasteiger partial charge in [0.2, 0.25) is 0 Å². The Bertz CT molecular complexity index is 885. The molecule has 1 fully saturated rings. The van der Waals surface area contributed by atoms with Gasteiger partial charge in [-0.05, 0) is 48.7 Å². The van der Waals surface area contributed by atoms with Crippen molar-refractivity contribution in [1.29, 1.82) is 0 Å². The number of hydrogen-bond acceptors (Lipinski definition) is 2. The van der Waals surface area contributed by atoms with Crippen LogP contribution in [0.5, 0.6) is 0 Å². The van der Waals surface area contributed by atoms with E-state index in [1.54, 1.807) is 30.3 Å². The molecule has 0 radical (unpaired) electrons. The third-order valence-corrected chi connectivity index (χ3v) is 4.46. The van der Waals surface area contributed by atoms with Crippen molar-refractivity contribution in [2.24, 2.45) is 0 Å². The van der Waals surface area contributed by atoms with Gasteiger partial charge in [0.25, 0.3) is 5.91 Å². The Labute approximate surface area is 159 Å². The second-order valence-corrected chi connectivity index (χ2v) is 6.62. The normalized spacial score (nSPS) is 14.6. The van der Waals surface area contributed by atoms with Crippen molar-refractivity contribution in [1.82, 2.24) is 4.90 Å². The maximum absolute atomic E-state index is 12.8. The van der Waals surface area contributed by atoms with Gasteiger partial charge in [-0.25, -0.2) is 4.79 Å². The highest BCUT2D eigenvalue weighted by molar-refractivity contribution is 5.97. The van der Waals surface area contributed by atoms with Crippen molar-refractivity contribution < 1.29 is 27.9 Å². The first kappa shape index (κ1) is 19.7. The molecule has 0 aromatic heterocycles. The lowest BCUT2D eigenvalue weighted by Gasteiger charge is -2.23. The van der Waals surface area contributed by atoms with Gasteiger partial charge in [0, 0.05) is 11.6 Å². The van der Waals surface area contributed by atoms with E-state index in [1.165, 1.54) is 23.1 Å². The molecule has 146 valence electrons. The van der Waals surface area contributed by atoms with Crippen LogP contribution in [0.2, 0.25) is 0 Å². The molecule has 2 aromatic carbocycles. The van der Waals surface area contributed by atoms with E-state index in [4.69, 9.17) is 0 Å². The van der Waals surface area contributed by atoms with E-state index in [9.17, 15) is 27.9 Å². The first-order valence-corrected chi connectivity index (χ1v) is 8.73. The molecule has 1 saturated carbocycles. The number of carbonyl (C=O) groups is 2. The summed E-state index contributed by atoms with van der Waals surface area (Å²) in [5.74, 6) is -1.48. The van der Waals surface area contributed by atoms with E-state index < -0.39 is 17.7 Å². The third-order valence-electron chi connectivity index (χ3n) is 4.46. The second-order valence-electron chi connectivity index (χ2n) is 6.62. The summed E-state index contributed by atoms with van der Waals surface area (Å²) in [7, 11) is 0. The van der Waals surface area contributed by atoms with Gasteiger partial charge in [-0.2, -0.15) is 13.2 Å². The molecule has 1 N–H and O–H groups in total. The topological polar surface area (TPSA) is 57.6 Å². The average molecular weight is 389 g/mol. The first-order chi connectivity index (χ1) is 13.3. The highest BCUT2D eigenvalue weighted by atomic mass is 19.4. The van der Waals surface area contributed by atoms with E-state index in [-0.39, 0.29) is 24.1 Å². The van der Waals surface area contributed by atoms with Crippen molar-refractivity contribution in [3.63, 3.8) is 0 Å². The summed E-state index contributed by atoms with van der Waals surface area (Å²) in [6.07, 6.45) is -1.56. The summed E-state index contributed by atoms with van der Waals surface area (Å²) < 4.78 is 38.0. The minimum atomic E-state index is -4.46. The molecule has 28 heavy (non-hydrogen) atoms. The van der Waals surface area contributed by atoms with E-state index in [0.29, 0.717) is 11.1 Å². The molecule has 4 nitrogen and oxygen atoms in total. The van der Waals surface area contributed by atoms with Gasteiger partial charge in [0.05, 0.1) is 17.7 Å². The van der Waals surface area contributed by atoms with Crippen molar-refractivity contribution in [3.8, 4) is 0 Å². The molecule has 7 heteroatoms. The lowest BCUT2D eigenvalue weighted by molar-refractivity contribution is -0.137. The summed E-state index contributed by atoms with van der Waals surface area (Å²) in [6.45, 7) is -0.116. The molecule has 0 saturated heterocycles. The van der Waals surface area contributed by atoms with Gasteiger partial charge < -0.3 is 10.0 Å². The molecular formula is C21H18F3NO3. The second kappa shape index (κ2) is 7.88. The Morgan fingerprint density at radius 3 is 2.14 bits per heavy atom. The first-order valence-electron chi connectivity index (χ1n) is 8.73. The van der Waals surface area contributed by atoms with Crippen molar-refractivity contribution in [2.75, 3.05) is 6.54 Å². The van der Waals surface area contributed by atoms with E-state index in [2.05, 4.69) is 0 Å². The van der Waals surface area contributed by atoms with Gasteiger partial charge in [0.15, 0.2) is 0 Å². The maximum Gasteiger partial charge on any atom is 0.416 e. The van der Waals surface area contributed by atoms with Crippen molar-refractivity contribution >= 4 is 18.0 Å². The van der Waals surface area contributed by atoms with Gasteiger partial charge in [-0.1, -0.05) is 30.3 Å². The summed E-state index contributed by atoms with van der Waals surface area (Å²) in [5, 5.41) is 9.54. The van der Waals surface area contributed by atoms with Crippen LogP contribution in [-0.2, 0) is 11.0 Å². The van der Waals surface area contributed by atoms with Crippen LogP contribution in [0.15, 0.2) is 60.2 Å². The molecule has 0 bridgehead atoms. The number of nitrogens with zero attached hydrogens (tertiary/aromatic N) is 1. The van der Waals surface area contributed by atoms with Crippen LogP contribution in [0, 0.1) is 0 Å². The van der Waals surface area contributed by atoms with E-state index in [1.807, 2.05) is 0 Å².